The van der Waals surface area contributed by atoms with Gasteiger partial charge in [-0.15, -0.1) is 10.1 Å². The maximum atomic E-state index is 12.9. The van der Waals surface area contributed by atoms with Crippen LogP contribution in [0.2, 0.25) is 0 Å². The average molecular weight is 672 g/mol. The van der Waals surface area contributed by atoms with Crippen LogP contribution in [-0.2, 0) is 15.8 Å². The number of aliphatic hydroxyl groups is 3. The molecule has 0 unspecified atom stereocenters. The normalized spacial score (nSPS) is 23.4. The fourth-order valence-electron chi connectivity index (χ4n) is 6.17. The molecule has 0 radical (unpaired) electrons. The topological polar surface area (TPSA) is 155 Å². The van der Waals surface area contributed by atoms with Crippen LogP contribution in [0, 0.1) is 27.9 Å². The van der Waals surface area contributed by atoms with E-state index in [1.54, 1.807) is 6.08 Å². The third kappa shape index (κ3) is 14.2. The van der Waals surface area contributed by atoms with E-state index in [1.165, 1.54) is 18.2 Å². The Balaban J connectivity index is 1.28. The molecule has 1 saturated carbocycles. The summed E-state index contributed by atoms with van der Waals surface area (Å²) in [7, 11) is 0. The van der Waals surface area contributed by atoms with Crippen molar-refractivity contribution in [2.24, 2.45) is 17.8 Å². The van der Waals surface area contributed by atoms with Gasteiger partial charge in [0, 0.05) is 31.8 Å². The summed E-state index contributed by atoms with van der Waals surface area (Å²) in [6.45, 7) is 3.14. The highest BCUT2D eigenvalue weighted by molar-refractivity contribution is 5.75. The second-order valence-corrected chi connectivity index (χ2v) is 12.3. The van der Waals surface area contributed by atoms with Crippen molar-refractivity contribution < 1.29 is 47.9 Å². The zero-order valence-corrected chi connectivity index (χ0v) is 26.6. The number of rotatable bonds is 19. The van der Waals surface area contributed by atoms with Crippen molar-refractivity contribution in [1.82, 2.24) is 10.2 Å². The number of allylic oxidation sites excluding steroid dienone is 2. The molecule has 5 atom stereocenters. The van der Waals surface area contributed by atoms with Gasteiger partial charge in [-0.25, -0.2) is 0 Å². The zero-order valence-electron chi connectivity index (χ0n) is 26.6. The number of nitrogens with one attached hydrogen (secondary N) is 1. The number of amides is 1. The van der Waals surface area contributed by atoms with Gasteiger partial charge in [0.25, 0.3) is 5.09 Å². The van der Waals surface area contributed by atoms with Gasteiger partial charge < -0.3 is 35.1 Å². The van der Waals surface area contributed by atoms with E-state index in [2.05, 4.69) is 15.1 Å². The summed E-state index contributed by atoms with van der Waals surface area (Å²) in [5.41, 5.74) is -0.846. The summed E-state index contributed by atoms with van der Waals surface area (Å²) >= 11 is 0. The van der Waals surface area contributed by atoms with E-state index in [-0.39, 0.29) is 37.2 Å². The maximum Gasteiger partial charge on any atom is 0.416 e. The number of carbonyl (C=O) groups is 1. The molecule has 2 aliphatic rings. The van der Waals surface area contributed by atoms with Crippen LogP contribution < -0.4 is 10.1 Å². The van der Waals surface area contributed by atoms with Gasteiger partial charge in [0.05, 0.1) is 24.4 Å². The molecule has 0 bridgehead atoms. The molecule has 1 aliphatic heterocycles. The maximum absolute atomic E-state index is 12.9. The van der Waals surface area contributed by atoms with Crippen molar-refractivity contribution in [3.05, 3.63) is 64.2 Å². The molecule has 264 valence electrons. The smallest absolute Gasteiger partial charge is 0.416 e. The fraction of sp³-hybridized carbons (Fsp3) is 0.667. The number of ether oxygens (including phenoxy) is 1. The highest BCUT2D eigenvalue weighted by atomic mass is 19.4. The third-order valence-electron chi connectivity index (χ3n) is 8.81. The summed E-state index contributed by atoms with van der Waals surface area (Å²) in [4.78, 5) is 29.1. The van der Waals surface area contributed by atoms with E-state index in [9.17, 15) is 43.4 Å². The Bertz CT molecular complexity index is 1160. The van der Waals surface area contributed by atoms with Gasteiger partial charge in [-0.2, -0.15) is 13.2 Å². The fourth-order valence-corrected chi connectivity index (χ4v) is 6.17. The Morgan fingerprint density at radius 1 is 1.17 bits per heavy atom. The molecular weight excluding hydrogens is 623 g/mol. The third-order valence-corrected chi connectivity index (χ3v) is 8.81. The van der Waals surface area contributed by atoms with Crippen molar-refractivity contribution in [3.63, 3.8) is 0 Å². The SMILES string of the molecule is O=C(CCC/C=C\C[C@@H]1[C@@H](/C=C/[C@@H](O)COc2cccc(C(F)(F)F)c2)[C@H](O)C[C@@H]1O)NCCN1CCC(CCCO[N+](=O)[O-])CC1. The number of alkyl halides is 3. The summed E-state index contributed by atoms with van der Waals surface area (Å²) in [5.74, 6) is -0.158. The summed E-state index contributed by atoms with van der Waals surface area (Å²) in [6, 6.07) is 4.39. The van der Waals surface area contributed by atoms with Gasteiger partial charge in [0.1, 0.15) is 18.5 Å². The van der Waals surface area contributed by atoms with Gasteiger partial charge in [-0.3, -0.25) is 4.79 Å². The largest absolute Gasteiger partial charge is 0.491 e. The molecule has 1 aromatic carbocycles. The van der Waals surface area contributed by atoms with Crippen LogP contribution in [0.1, 0.15) is 63.4 Å². The average Bonchev–Trinajstić information content (AvgIpc) is 3.30. The van der Waals surface area contributed by atoms with Crippen LogP contribution in [0.4, 0.5) is 13.2 Å². The Hall–Kier alpha value is -3.20. The number of nitrogens with zero attached hydrogens (tertiary/aromatic N) is 2. The van der Waals surface area contributed by atoms with Crippen LogP contribution in [0.25, 0.3) is 0 Å². The summed E-state index contributed by atoms with van der Waals surface area (Å²) in [5, 5.41) is 43.6. The van der Waals surface area contributed by atoms with Crippen molar-refractivity contribution in [3.8, 4) is 5.75 Å². The first-order valence-electron chi connectivity index (χ1n) is 16.4. The van der Waals surface area contributed by atoms with Gasteiger partial charge in [-0.1, -0.05) is 30.4 Å². The quantitative estimate of drug-likeness (QED) is 0.0730. The van der Waals surface area contributed by atoms with E-state index < -0.39 is 41.1 Å². The van der Waals surface area contributed by atoms with Crippen LogP contribution in [0.3, 0.4) is 0 Å². The molecule has 1 saturated heterocycles. The lowest BCUT2D eigenvalue weighted by molar-refractivity contribution is -0.757. The monoisotopic (exact) mass is 671 g/mol. The molecule has 2 fully saturated rings. The minimum atomic E-state index is -4.50. The van der Waals surface area contributed by atoms with Crippen LogP contribution in [0.5, 0.6) is 5.75 Å². The Kier molecular flexibility index (Phi) is 15.9. The Labute approximate surface area is 273 Å². The van der Waals surface area contributed by atoms with E-state index in [0.29, 0.717) is 44.6 Å². The Morgan fingerprint density at radius 2 is 1.94 bits per heavy atom. The number of unbranched alkanes of at least 4 members (excludes halogenated alkanes) is 1. The van der Waals surface area contributed by atoms with Crippen LogP contribution in [-0.4, -0.2) is 88.9 Å². The Morgan fingerprint density at radius 3 is 2.66 bits per heavy atom. The van der Waals surface area contributed by atoms with E-state index in [0.717, 1.165) is 51.0 Å². The van der Waals surface area contributed by atoms with E-state index in [1.807, 2.05) is 12.2 Å². The highest BCUT2D eigenvalue weighted by Gasteiger charge is 2.39. The van der Waals surface area contributed by atoms with Gasteiger partial charge in [0.2, 0.25) is 5.91 Å². The number of aliphatic hydroxyl groups excluding tert-OH is 3. The van der Waals surface area contributed by atoms with Gasteiger partial charge in [-0.05, 0) is 88.1 Å². The highest BCUT2D eigenvalue weighted by Crippen LogP contribution is 2.36. The molecule has 47 heavy (non-hydrogen) atoms. The second kappa shape index (κ2) is 19.6. The first-order chi connectivity index (χ1) is 22.4. The minimum Gasteiger partial charge on any atom is -0.491 e. The van der Waals surface area contributed by atoms with Crippen molar-refractivity contribution in [2.45, 2.75) is 82.3 Å². The number of hydrogen-bond acceptors (Lipinski definition) is 9. The predicted molar refractivity (Wildman–Crippen MR) is 168 cm³/mol. The molecule has 3 rings (SSSR count). The molecule has 4 N–H and O–H groups in total. The number of piperidine rings is 1. The lowest BCUT2D eigenvalue weighted by atomic mass is 9.89. The first-order valence-corrected chi connectivity index (χ1v) is 16.4. The number of hydrogen-bond donors (Lipinski definition) is 4. The van der Waals surface area contributed by atoms with Crippen LogP contribution in [0.15, 0.2) is 48.6 Å². The molecule has 1 amide bonds. The summed E-state index contributed by atoms with van der Waals surface area (Å²) in [6.07, 6.45) is 5.93. The zero-order chi connectivity index (χ0) is 34.2. The first kappa shape index (κ1) is 38.2. The second-order valence-electron chi connectivity index (χ2n) is 12.3. The summed E-state index contributed by atoms with van der Waals surface area (Å²) < 4.78 is 44.0. The molecule has 11 nitrogen and oxygen atoms in total. The number of halogens is 3. The van der Waals surface area contributed by atoms with Gasteiger partial charge in [0.15, 0.2) is 0 Å². The number of benzene rings is 1. The molecule has 1 aliphatic carbocycles. The molecule has 14 heteroatoms. The molecule has 1 heterocycles. The minimum absolute atomic E-state index is 0.00536. The number of likely N-dealkylation sites (tertiary alicyclic amines) is 1. The van der Waals surface area contributed by atoms with Crippen molar-refractivity contribution >= 4 is 5.91 Å². The van der Waals surface area contributed by atoms with Gasteiger partial charge >= 0.3 is 6.18 Å². The number of carbonyl (C=O) groups excluding carboxylic acids is 1. The van der Waals surface area contributed by atoms with Crippen molar-refractivity contribution in [2.75, 3.05) is 39.4 Å². The predicted octanol–water partition coefficient (Wildman–Crippen LogP) is 4.29. The van der Waals surface area contributed by atoms with Crippen LogP contribution >= 0.6 is 0 Å². The lowest BCUT2D eigenvalue weighted by Crippen LogP contribution is -2.39. The van der Waals surface area contributed by atoms with E-state index >= 15 is 0 Å². The van der Waals surface area contributed by atoms with E-state index in [4.69, 9.17) is 4.74 Å². The molecule has 1 aromatic rings. The molecule has 0 aromatic heterocycles. The molecular formula is C33H48F3N3O8. The lowest BCUT2D eigenvalue weighted by Gasteiger charge is -2.31. The standard InChI is InChI=1S/C33H48F3N3O8/c34-33(35,36)25-8-5-9-27(21-25)46-23-26(40)12-13-29-28(30(41)22-31(29)42)10-3-1-2-4-11-32(43)37-16-19-38-17-14-24(15-18-38)7-6-20-47-39(44)45/h1,3,5,8-9,12-13,21,24,26,28-31,40-42H,2,4,6-7,10-11,14-20,22-23H2,(H,37,43)/b3-1-,13-12+/t26-,28-,29-,30+,31-/m1/s1. The van der Waals surface area contributed by atoms with Crippen molar-refractivity contribution in [1.29, 1.82) is 0 Å². The molecule has 0 spiro atoms.